The Hall–Kier alpha value is -2.69. The van der Waals surface area contributed by atoms with Crippen molar-refractivity contribution >= 4 is 11.8 Å². The molecule has 0 saturated carbocycles. The van der Waals surface area contributed by atoms with Crippen molar-refractivity contribution in [3.8, 4) is 0 Å². The number of hydrogen-bond acceptors (Lipinski definition) is 2. The van der Waals surface area contributed by atoms with Gasteiger partial charge >= 0.3 is 0 Å². The fraction of sp³-hybridized carbons (Fsp3) is 0.263. The van der Waals surface area contributed by atoms with E-state index in [0.29, 0.717) is 18.5 Å². The topological polar surface area (TPSA) is 58.2 Å². The second-order valence-electron chi connectivity index (χ2n) is 5.60. The molecule has 2 N–H and O–H groups in total. The highest BCUT2D eigenvalue weighted by molar-refractivity contribution is 5.94. The lowest BCUT2D eigenvalue weighted by Gasteiger charge is -2.07. The number of nitrogens with one attached hydrogen (secondary N) is 2. The molecule has 0 aliphatic heterocycles. The van der Waals surface area contributed by atoms with Crippen LogP contribution in [0.15, 0.2) is 48.5 Å². The molecule has 5 heteroatoms. The molecule has 0 radical (unpaired) electrons. The number of rotatable bonds is 7. The lowest BCUT2D eigenvalue weighted by molar-refractivity contribution is -0.120. The van der Waals surface area contributed by atoms with E-state index in [-0.39, 0.29) is 30.6 Å². The number of carbonyl (C=O) groups excluding carboxylic acids is 2. The summed E-state index contributed by atoms with van der Waals surface area (Å²) in [5.74, 6) is -0.577. The lowest BCUT2D eigenvalue weighted by Crippen LogP contribution is -2.31. The lowest BCUT2D eigenvalue weighted by atomic mass is 10.1. The van der Waals surface area contributed by atoms with Gasteiger partial charge in [0.1, 0.15) is 5.82 Å². The third kappa shape index (κ3) is 5.83. The minimum Gasteiger partial charge on any atom is -0.356 e. The van der Waals surface area contributed by atoms with Crippen LogP contribution in [-0.4, -0.2) is 24.9 Å². The van der Waals surface area contributed by atoms with Crippen LogP contribution in [-0.2, 0) is 11.2 Å². The Morgan fingerprint density at radius 2 is 1.75 bits per heavy atom. The van der Waals surface area contributed by atoms with Gasteiger partial charge in [0.25, 0.3) is 5.91 Å². The van der Waals surface area contributed by atoms with Crippen LogP contribution in [0.3, 0.4) is 0 Å². The SMILES string of the molecule is Cc1cccc(C(=O)NCCC(=O)NCCc2ccc(F)cc2)c1. The second-order valence-corrected chi connectivity index (χ2v) is 5.60. The standard InChI is InChI=1S/C19H21FN2O2/c1-14-3-2-4-16(13-14)19(24)22-12-10-18(23)21-11-9-15-5-7-17(20)8-6-15/h2-8,13H,9-12H2,1H3,(H,21,23)(H,22,24). The average Bonchev–Trinajstić information content (AvgIpc) is 2.56. The Kier molecular flexibility index (Phi) is 6.49. The summed E-state index contributed by atoms with van der Waals surface area (Å²) in [7, 11) is 0. The van der Waals surface area contributed by atoms with Crippen LogP contribution in [0.5, 0.6) is 0 Å². The molecule has 0 fully saturated rings. The van der Waals surface area contributed by atoms with Gasteiger partial charge in [-0.05, 0) is 43.2 Å². The molecule has 0 unspecified atom stereocenters. The minimum absolute atomic E-state index is 0.123. The van der Waals surface area contributed by atoms with Gasteiger partial charge in [0.2, 0.25) is 5.91 Å². The zero-order valence-corrected chi connectivity index (χ0v) is 13.6. The summed E-state index contributed by atoms with van der Waals surface area (Å²) in [5, 5.41) is 5.51. The van der Waals surface area contributed by atoms with Gasteiger partial charge in [-0.3, -0.25) is 9.59 Å². The molecule has 2 aromatic rings. The maximum atomic E-state index is 12.8. The first kappa shape index (κ1) is 17.7. The van der Waals surface area contributed by atoms with Crippen molar-refractivity contribution < 1.29 is 14.0 Å². The molecule has 126 valence electrons. The van der Waals surface area contributed by atoms with E-state index in [1.165, 1.54) is 12.1 Å². The molecular formula is C19H21FN2O2. The number of halogens is 1. The van der Waals surface area contributed by atoms with Crippen LogP contribution in [0, 0.1) is 12.7 Å². The van der Waals surface area contributed by atoms with E-state index in [1.54, 1.807) is 24.3 Å². The maximum Gasteiger partial charge on any atom is 0.251 e. The van der Waals surface area contributed by atoms with Gasteiger partial charge in [0, 0.05) is 25.1 Å². The third-order valence-electron chi connectivity index (χ3n) is 3.57. The highest BCUT2D eigenvalue weighted by atomic mass is 19.1. The number of benzene rings is 2. The van der Waals surface area contributed by atoms with Crippen molar-refractivity contribution in [1.29, 1.82) is 0 Å². The van der Waals surface area contributed by atoms with Gasteiger partial charge in [-0.1, -0.05) is 29.8 Å². The fourth-order valence-corrected chi connectivity index (χ4v) is 2.26. The first-order valence-corrected chi connectivity index (χ1v) is 7.90. The summed E-state index contributed by atoms with van der Waals surface area (Å²) in [6.07, 6.45) is 0.864. The van der Waals surface area contributed by atoms with Crippen LogP contribution < -0.4 is 10.6 Å². The predicted octanol–water partition coefficient (Wildman–Crippen LogP) is 2.61. The molecule has 0 saturated heterocycles. The summed E-state index contributed by atoms with van der Waals surface area (Å²) >= 11 is 0. The Labute approximate surface area is 141 Å². The van der Waals surface area contributed by atoms with Crippen molar-refractivity contribution in [3.05, 3.63) is 71.0 Å². The summed E-state index contributed by atoms with van der Waals surface area (Å²) in [6.45, 7) is 2.69. The Balaban J connectivity index is 1.64. The van der Waals surface area contributed by atoms with Crippen molar-refractivity contribution in [1.82, 2.24) is 10.6 Å². The van der Waals surface area contributed by atoms with Crippen LogP contribution in [0.2, 0.25) is 0 Å². The van der Waals surface area contributed by atoms with Crippen LogP contribution in [0.25, 0.3) is 0 Å². The van der Waals surface area contributed by atoms with Crippen molar-refractivity contribution in [2.24, 2.45) is 0 Å². The molecule has 24 heavy (non-hydrogen) atoms. The average molecular weight is 328 g/mol. The quantitative estimate of drug-likeness (QED) is 0.821. The van der Waals surface area contributed by atoms with E-state index < -0.39 is 0 Å². The third-order valence-corrected chi connectivity index (χ3v) is 3.57. The van der Waals surface area contributed by atoms with Crippen molar-refractivity contribution in [3.63, 3.8) is 0 Å². The van der Waals surface area contributed by atoms with Crippen molar-refractivity contribution in [2.75, 3.05) is 13.1 Å². The van der Waals surface area contributed by atoms with E-state index >= 15 is 0 Å². The van der Waals surface area contributed by atoms with Gasteiger partial charge in [0.05, 0.1) is 0 Å². The Morgan fingerprint density at radius 3 is 2.46 bits per heavy atom. The number of amides is 2. The molecule has 0 heterocycles. The first-order valence-electron chi connectivity index (χ1n) is 7.90. The second kappa shape index (κ2) is 8.82. The molecule has 2 aromatic carbocycles. The van der Waals surface area contributed by atoms with Gasteiger partial charge in [-0.25, -0.2) is 4.39 Å². The first-order chi connectivity index (χ1) is 11.5. The van der Waals surface area contributed by atoms with E-state index in [9.17, 15) is 14.0 Å². The summed E-state index contributed by atoms with van der Waals surface area (Å²) in [4.78, 5) is 23.7. The molecular weight excluding hydrogens is 307 g/mol. The summed E-state index contributed by atoms with van der Waals surface area (Å²) in [6, 6.07) is 13.5. The normalized spacial score (nSPS) is 10.2. The molecule has 2 amide bonds. The number of aryl methyl sites for hydroxylation is 1. The van der Waals surface area contributed by atoms with Gasteiger partial charge in [0.15, 0.2) is 0 Å². The monoisotopic (exact) mass is 328 g/mol. The zero-order chi connectivity index (χ0) is 17.4. The highest BCUT2D eigenvalue weighted by Crippen LogP contribution is 2.04. The van der Waals surface area contributed by atoms with Crippen LogP contribution in [0.1, 0.15) is 27.9 Å². The minimum atomic E-state index is -0.271. The molecule has 0 aliphatic carbocycles. The van der Waals surface area contributed by atoms with Gasteiger partial charge in [-0.2, -0.15) is 0 Å². The molecule has 4 nitrogen and oxygen atoms in total. The van der Waals surface area contributed by atoms with E-state index in [1.807, 2.05) is 19.1 Å². The van der Waals surface area contributed by atoms with Crippen molar-refractivity contribution in [2.45, 2.75) is 19.8 Å². The highest BCUT2D eigenvalue weighted by Gasteiger charge is 2.06. The van der Waals surface area contributed by atoms with Crippen LogP contribution in [0.4, 0.5) is 4.39 Å². The molecule has 0 aromatic heterocycles. The fourth-order valence-electron chi connectivity index (χ4n) is 2.26. The predicted molar refractivity (Wildman–Crippen MR) is 91.2 cm³/mol. The molecule has 2 rings (SSSR count). The molecule has 0 atom stereocenters. The van der Waals surface area contributed by atoms with Gasteiger partial charge in [-0.15, -0.1) is 0 Å². The maximum absolute atomic E-state index is 12.8. The Bertz CT molecular complexity index is 699. The number of hydrogen-bond donors (Lipinski definition) is 2. The summed E-state index contributed by atoms with van der Waals surface area (Å²) < 4.78 is 12.8. The summed E-state index contributed by atoms with van der Waals surface area (Å²) in [5.41, 5.74) is 2.57. The smallest absolute Gasteiger partial charge is 0.251 e. The van der Waals surface area contributed by atoms with Gasteiger partial charge < -0.3 is 10.6 Å². The van der Waals surface area contributed by atoms with E-state index in [0.717, 1.165) is 11.1 Å². The Morgan fingerprint density at radius 1 is 1.00 bits per heavy atom. The van der Waals surface area contributed by atoms with E-state index in [4.69, 9.17) is 0 Å². The van der Waals surface area contributed by atoms with E-state index in [2.05, 4.69) is 10.6 Å². The largest absolute Gasteiger partial charge is 0.356 e. The zero-order valence-electron chi connectivity index (χ0n) is 13.6. The molecule has 0 aliphatic rings. The molecule has 0 bridgehead atoms. The number of carbonyl (C=O) groups is 2. The van der Waals surface area contributed by atoms with Crippen LogP contribution >= 0.6 is 0 Å². The molecule has 0 spiro atoms.